The van der Waals surface area contributed by atoms with Gasteiger partial charge in [-0.1, -0.05) is 33.3 Å². The van der Waals surface area contributed by atoms with E-state index in [1.165, 1.54) is 5.57 Å². The third-order valence-electron chi connectivity index (χ3n) is 9.53. The molecule has 1 unspecified atom stereocenters. The number of aliphatic hydroxyl groups excluding tert-OH is 1. The molecule has 0 aliphatic heterocycles. The fourth-order valence-corrected chi connectivity index (χ4v) is 8.09. The van der Waals surface area contributed by atoms with Gasteiger partial charge in [0.25, 0.3) is 0 Å². The number of carbonyl (C=O) groups is 3. The summed E-state index contributed by atoms with van der Waals surface area (Å²) in [6.45, 7) is 8.10. The number of Topliss-reactive ketones (excluding diaryl/α,β-unsaturated/α-hetero) is 1. The highest BCUT2D eigenvalue weighted by Crippen LogP contribution is 2.68. The zero-order chi connectivity index (χ0) is 22.6. The molecule has 4 rings (SSSR count). The van der Waals surface area contributed by atoms with Crippen LogP contribution in [0.25, 0.3) is 0 Å². The van der Waals surface area contributed by atoms with Gasteiger partial charge in [0.2, 0.25) is 0 Å². The van der Waals surface area contributed by atoms with Crippen molar-refractivity contribution in [1.29, 1.82) is 0 Å². The molecular weight excluding hydrogens is 392 g/mol. The second-order valence-electron chi connectivity index (χ2n) is 10.9. The Labute approximate surface area is 186 Å². The zero-order valence-electron chi connectivity index (χ0n) is 19.5. The lowest BCUT2D eigenvalue weighted by Gasteiger charge is -2.60. The summed E-state index contributed by atoms with van der Waals surface area (Å²) in [5, 5.41) is 11.5. The molecule has 0 aromatic heterocycles. The van der Waals surface area contributed by atoms with E-state index in [9.17, 15) is 19.5 Å². The van der Waals surface area contributed by atoms with Crippen molar-refractivity contribution in [2.45, 2.75) is 104 Å². The van der Waals surface area contributed by atoms with Crippen molar-refractivity contribution in [2.75, 3.05) is 0 Å². The number of esters is 1. The van der Waals surface area contributed by atoms with Crippen molar-refractivity contribution in [1.82, 2.24) is 0 Å². The first-order chi connectivity index (χ1) is 14.6. The van der Waals surface area contributed by atoms with Crippen LogP contribution in [-0.2, 0) is 19.1 Å². The van der Waals surface area contributed by atoms with E-state index in [2.05, 4.69) is 13.8 Å². The van der Waals surface area contributed by atoms with E-state index < -0.39 is 17.1 Å². The molecule has 31 heavy (non-hydrogen) atoms. The Kier molecular flexibility index (Phi) is 5.73. The van der Waals surface area contributed by atoms with E-state index in [-0.39, 0.29) is 40.7 Å². The molecule has 3 saturated carbocycles. The lowest BCUT2D eigenvalue weighted by Crippen LogP contribution is -2.62. The predicted octanol–water partition coefficient (Wildman–Crippen LogP) is 4.55. The molecule has 5 nitrogen and oxygen atoms in total. The minimum Gasteiger partial charge on any atom is -0.450 e. The number of aliphatic hydroxyl groups is 1. The summed E-state index contributed by atoms with van der Waals surface area (Å²) < 4.78 is 6.08. The van der Waals surface area contributed by atoms with Crippen LogP contribution in [0.15, 0.2) is 11.6 Å². The van der Waals surface area contributed by atoms with Gasteiger partial charge >= 0.3 is 5.97 Å². The van der Waals surface area contributed by atoms with Crippen molar-refractivity contribution < 1.29 is 24.2 Å². The normalized spacial score (nSPS) is 44.0. The molecule has 0 heterocycles. The molecule has 0 bridgehead atoms. The fraction of sp³-hybridized carbons (Fsp3) is 0.808. The van der Waals surface area contributed by atoms with E-state index in [1.54, 1.807) is 0 Å². The zero-order valence-corrected chi connectivity index (χ0v) is 19.5. The van der Waals surface area contributed by atoms with Gasteiger partial charge in [0.05, 0.1) is 6.10 Å². The molecule has 172 valence electrons. The molecule has 5 heteroatoms. The molecule has 1 N–H and O–H groups in total. The summed E-state index contributed by atoms with van der Waals surface area (Å²) >= 11 is 0. The number of carbonyl (C=O) groups excluding carboxylic acids is 3. The molecule has 4 aliphatic carbocycles. The minimum absolute atomic E-state index is 0.00141. The maximum absolute atomic E-state index is 13.3. The van der Waals surface area contributed by atoms with Crippen molar-refractivity contribution in [2.24, 2.45) is 28.6 Å². The van der Waals surface area contributed by atoms with Crippen LogP contribution in [0.5, 0.6) is 0 Å². The van der Waals surface area contributed by atoms with Crippen molar-refractivity contribution in [3.05, 3.63) is 11.6 Å². The van der Waals surface area contributed by atoms with Gasteiger partial charge in [-0.2, -0.15) is 0 Å². The summed E-state index contributed by atoms with van der Waals surface area (Å²) in [5.74, 6) is 0.519. The highest BCUT2D eigenvalue weighted by atomic mass is 16.6. The molecule has 0 amide bonds. The Bertz CT molecular complexity index is 815. The van der Waals surface area contributed by atoms with Crippen LogP contribution in [-0.4, -0.2) is 34.3 Å². The van der Waals surface area contributed by atoms with Crippen molar-refractivity contribution in [3.8, 4) is 0 Å². The molecule has 7 atom stereocenters. The number of rotatable bonds is 5. The smallest absolute Gasteiger partial charge is 0.306 e. The molecule has 0 saturated heterocycles. The molecule has 4 aliphatic rings. The summed E-state index contributed by atoms with van der Waals surface area (Å²) in [6, 6.07) is 0. The van der Waals surface area contributed by atoms with E-state index >= 15 is 0 Å². The predicted molar refractivity (Wildman–Crippen MR) is 117 cm³/mol. The number of ether oxygens (including phenoxy) is 1. The van der Waals surface area contributed by atoms with Crippen LogP contribution in [0.4, 0.5) is 0 Å². The first-order valence-corrected chi connectivity index (χ1v) is 12.3. The Balaban J connectivity index is 1.73. The molecule has 0 radical (unpaired) electrons. The monoisotopic (exact) mass is 430 g/mol. The van der Waals surface area contributed by atoms with E-state index in [4.69, 9.17) is 4.74 Å². The van der Waals surface area contributed by atoms with E-state index in [1.807, 2.05) is 19.9 Å². The summed E-state index contributed by atoms with van der Waals surface area (Å²) in [6.07, 6.45) is 7.64. The van der Waals surface area contributed by atoms with Gasteiger partial charge in [0, 0.05) is 24.7 Å². The summed E-state index contributed by atoms with van der Waals surface area (Å²) in [7, 11) is 0. The van der Waals surface area contributed by atoms with Gasteiger partial charge in [0.1, 0.15) is 0 Å². The van der Waals surface area contributed by atoms with Crippen LogP contribution in [0.1, 0.15) is 91.9 Å². The van der Waals surface area contributed by atoms with E-state index in [0.717, 1.165) is 25.7 Å². The first kappa shape index (κ1) is 22.7. The average molecular weight is 431 g/mol. The second-order valence-corrected chi connectivity index (χ2v) is 10.9. The van der Waals surface area contributed by atoms with Gasteiger partial charge in [-0.25, -0.2) is 0 Å². The first-order valence-electron chi connectivity index (χ1n) is 12.3. The number of hydrogen-bond acceptors (Lipinski definition) is 5. The summed E-state index contributed by atoms with van der Waals surface area (Å²) in [5.41, 5.74) is -0.622. The lowest BCUT2D eigenvalue weighted by atomic mass is 9.45. The minimum atomic E-state index is -1.12. The highest BCUT2D eigenvalue weighted by molar-refractivity contribution is 5.92. The fourth-order valence-electron chi connectivity index (χ4n) is 8.09. The number of allylic oxidation sites excluding steroid dienone is 1. The summed E-state index contributed by atoms with van der Waals surface area (Å²) in [4.78, 5) is 38.0. The molecule has 0 aromatic carbocycles. The Morgan fingerprint density at radius 2 is 1.90 bits per heavy atom. The van der Waals surface area contributed by atoms with E-state index in [0.29, 0.717) is 38.5 Å². The van der Waals surface area contributed by atoms with Gasteiger partial charge in [0.15, 0.2) is 17.2 Å². The third-order valence-corrected chi connectivity index (χ3v) is 9.53. The van der Waals surface area contributed by atoms with Crippen LogP contribution in [0.2, 0.25) is 0 Å². The van der Waals surface area contributed by atoms with Crippen LogP contribution < -0.4 is 0 Å². The topological polar surface area (TPSA) is 80.7 Å². The van der Waals surface area contributed by atoms with Gasteiger partial charge < -0.3 is 9.84 Å². The van der Waals surface area contributed by atoms with Gasteiger partial charge in [-0.05, 0) is 74.2 Å². The number of fused-ring (bicyclic) bond motifs is 5. The van der Waals surface area contributed by atoms with Gasteiger partial charge in [-0.15, -0.1) is 0 Å². The standard InChI is InChI=1S/C26H38O5/c1-5-7-22(30)31-26(21(29)6-2)13-11-19-18-9-8-16-14-17(27)10-12-24(16,3)23(18)20(28)15-25(19,26)4/h14,18-20,23,28H,5-13,15H2,1-4H3/t18-,19-,20-,23?,24-,25-,26-/m0/s1. The SMILES string of the molecule is CCCC(=O)O[C@]1(C(=O)CC)CC[C@H]2[C@@H]3CCC4=CC(=O)CC[C@]4(C)C3[C@@H](O)C[C@@]21C. The van der Waals surface area contributed by atoms with Crippen LogP contribution >= 0.6 is 0 Å². The molecule has 0 aromatic rings. The molecule has 3 fully saturated rings. The second kappa shape index (κ2) is 7.83. The highest BCUT2D eigenvalue weighted by Gasteiger charge is 2.70. The quantitative estimate of drug-likeness (QED) is 0.647. The molecular formula is C26H38O5. The van der Waals surface area contributed by atoms with Crippen LogP contribution in [0, 0.1) is 28.6 Å². The maximum Gasteiger partial charge on any atom is 0.306 e. The van der Waals surface area contributed by atoms with Crippen molar-refractivity contribution >= 4 is 17.5 Å². The largest absolute Gasteiger partial charge is 0.450 e. The third kappa shape index (κ3) is 3.17. The number of ketones is 2. The number of hydrogen-bond donors (Lipinski definition) is 1. The Morgan fingerprint density at radius 1 is 1.16 bits per heavy atom. The molecule has 0 spiro atoms. The van der Waals surface area contributed by atoms with Crippen LogP contribution in [0.3, 0.4) is 0 Å². The average Bonchev–Trinajstić information content (AvgIpc) is 3.00. The van der Waals surface area contributed by atoms with Crippen molar-refractivity contribution in [3.63, 3.8) is 0 Å². The Hall–Kier alpha value is -1.49. The Morgan fingerprint density at radius 3 is 2.58 bits per heavy atom. The van der Waals surface area contributed by atoms with Gasteiger partial charge in [-0.3, -0.25) is 14.4 Å². The lowest BCUT2D eigenvalue weighted by molar-refractivity contribution is -0.201. The maximum atomic E-state index is 13.3.